The molecule has 7 nitrogen and oxygen atoms in total. The smallest absolute Gasteiger partial charge is 0.329 e. The quantitative estimate of drug-likeness (QED) is 0.0884. The van der Waals surface area contributed by atoms with E-state index in [0.717, 1.165) is 12.8 Å². The highest BCUT2D eigenvalue weighted by Crippen LogP contribution is 2.41. The minimum Gasteiger partial charge on any atom is -0.458 e. The van der Waals surface area contributed by atoms with Gasteiger partial charge in [-0.3, -0.25) is 9.36 Å². The van der Waals surface area contributed by atoms with Gasteiger partial charge in [0.1, 0.15) is 6.10 Å². The topological polar surface area (TPSA) is 94.1 Å². The third-order valence-electron chi connectivity index (χ3n) is 5.64. The Kier molecular flexibility index (Phi) is 23.0. The van der Waals surface area contributed by atoms with Crippen LogP contribution in [0.1, 0.15) is 110 Å². The second kappa shape index (κ2) is 23.3. The Labute approximate surface area is 203 Å². The molecule has 0 aliphatic carbocycles. The van der Waals surface area contributed by atoms with E-state index in [1.54, 1.807) is 7.05 Å². The fourth-order valence-corrected chi connectivity index (χ4v) is 4.69. The molecule has 0 heterocycles. The van der Waals surface area contributed by atoms with Crippen LogP contribution >= 0.6 is 7.60 Å². The Morgan fingerprint density at radius 3 is 1.79 bits per heavy atom. The van der Waals surface area contributed by atoms with Crippen molar-refractivity contribution in [3.05, 3.63) is 0 Å². The Bertz CT molecular complexity index is 492. The molecule has 0 saturated heterocycles. The van der Waals surface area contributed by atoms with Gasteiger partial charge in [-0.25, -0.2) is 0 Å². The van der Waals surface area contributed by atoms with Crippen LogP contribution in [-0.2, 0) is 23.4 Å². The van der Waals surface area contributed by atoms with E-state index in [-0.39, 0.29) is 19.4 Å². The van der Waals surface area contributed by atoms with Crippen LogP contribution in [-0.4, -0.2) is 56.5 Å². The van der Waals surface area contributed by atoms with Gasteiger partial charge in [-0.15, -0.1) is 0 Å². The van der Waals surface area contributed by atoms with E-state index < -0.39 is 19.7 Å². The van der Waals surface area contributed by atoms with Crippen molar-refractivity contribution >= 4 is 13.6 Å². The molecule has 2 unspecified atom stereocenters. The highest BCUT2D eigenvalue weighted by atomic mass is 31.2. The predicted molar refractivity (Wildman–Crippen MR) is 136 cm³/mol. The Morgan fingerprint density at radius 2 is 1.33 bits per heavy atom. The molecule has 0 rings (SSSR count). The summed E-state index contributed by atoms with van der Waals surface area (Å²) < 4.78 is 27.8. The minimum absolute atomic E-state index is 0.0102. The van der Waals surface area contributed by atoms with Crippen molar-refractivity contribution in [1.29, 1.82) is 0 Å². The molecule has 0 spiro atoms. The normalized spacial score (nSPS) is 14.2. The second-order valence-electron chi connectivity index (χ2n) is 9.02. The molecule has 198 valence electrons. The number of nitrogens with one attached hydrogen (secondary N) is 1. The fraction of sp³-hybridized carbons (Fsp3) is 0.960. The van der Waals surface area contributed by atoms with Crippen molar-refractivity contribution in [3.63, 3.8) is 0 Å². The standard InChI is InChI=1S/C25H52NO6P/c1-4-5-6-7-8-9-10-11-12-13-14-15-16-17-18-20-30-22-25(32-24(2)27)23-31-33(28,29)21-19-26-3/h25-26H,4-23H2,1-3H3,(H,28,29). The van der Waals surface area contributed by atoms with Gasteiger partial charge in [0.05, 0.1) is 19.4 Å². The molecule has 0 amide bonds. The molecule has 8 heteroatoms. The number of hydrogen-bond acceptors (Lipinski definition) is 6. The van der Waals surface area contributed by atoms with E-state index in [2.05, 4.69) is 12.2 Å². The summed E-state index contributed by atoms with van der Waals surface area (Å²) in [5.41, 5.74) is 0. The first-order valence-electron chi connectivity index (χ1n) is 13.3. The zero-order chi connectivity index (χ0) is 24.6. The van der Waals surface area contributed by atoms with Gasteiger partial charge in [0, 0.05) is 20.1 Å². The molecular weight excluding hydrogens is 441 g/mol. The number of rotatable bonds is 25. The van der Waals surface area contributed by atoms with Crippen LogP contribution in [0.2, 0.25) is 0 Å². The van der Waals surface area contributed by atoms with Crippen LogP contribution < -0.4 is 5.32 Å². The van der Waals surface area contributed by atoms with E-state index in [0.29, 0.717) is 13.2 Å². The van der Waals surface area contributed by atoms with Gasteiger partial charge < -0.3 is 24.2 Å². The number of carbonyl (C=O) groups is 1. The predicted octanol–water partition coefficient (Wildman–Crippen LogP) is 6.23. The third kappa shape index (κ3) is 24.5. The number of carbonyl (C=O) groups excluding carboxylic acids is 1. The molecule has 33 heavy (non-hydrogen) atoms. The molecule has 0 aliphatic rings. The molecule has 0 radical (unpaired) electrons. The van der Waals surface area contributed by atoms with Crippen molar-refractivity contribution in [1.82, 2.24) is 5.32 Å². The van der Waals surface area contributed by atoms with Gasteiger partial charge in [0.25, 0.3) is 0 Å². The molecular formula is C25H52NO6P. The first-order chi connectivity index (χ1) is 15.9. The van der Waals surface area contributed by atoms with E-state index in [4.69, 9.17) is 14.0 Å². The molecule has 0 aromatic heterocycles. The van der Waals surface area contributed by atoms with Crippen LogP contribution in [0.5, 0.6) is 0 Å². The van der Waals surface area contributed by atoms with E-state index >= 15 is 0 Å². The van der Waals surface area contributed by atoms with Crippen LogP contribution in [0.4, 0.5) is 0 Å². The maximum absolute atomic E-state index is 11.9. The first-order valence-corrected chi connectivity index (χ1v) is 15.0. The SMILES string of the molecule is CCCCCCCCCCCCCCCCCOCC(COP(=O)(O)CCNC)OC(C)=O. The Balaban J connectivity index is 3.60. The maximum atomic E-state index is 11.9. The highest BCUT2D eigenvalue weighted by molar-refractivity contribution is 7.52. The van der Waals surface area contributed by atoms with Gasteiger partial charge in [-0.1, -0.05) is 96.8 Å². The number of unbranched alkanes of at least 4 members (excludes halogenated alkanes) is 14. The molecule has 0 aromatic rings. The second-order valence-corrected chi connectivity index (χ2v) is 11.0. The van der Waals surface area contributed by atoms with Crippen LogP contribution in [0.25, 0.3) is 0 Å². The van der Waals surface area contributed by atoms with Gasteiger partial charge in [0.2, 0.25) is 0 Å². The van der Waals surface area contributed by atoms with Crippen molar-refractivity contribution in [3.8, 4) is 0 Å². The van der Waals surface area contributed by atoms with Gasteiger partial charge in [-0.05, 0) is 13.5 Å². The summed E-state index contributed by atoms with van der Waals surface area (Å²) in [6.45, 7) is 4.57. The Hall–Kier alpha value is -0.460. The van der Waals surface area contributed by atoms with Crippen molar-refractivity contribution in [2.75, 3.05) is 39.6 Å². The molecule has 0 aliphatic heterocycles. The van der Waals surface area contributed by atoms with E-state index in [1.165, 1.54) is 90.4 Å². The zero-order valence-corrected chi connectivity index (χ0v) is 22.5. The van der Waals surface area contributed by atoms with E-state index in [9.17, 15) is 14.3 Å². The largest absolute Gasteiger partial charge is 0.458 e. The van der Waals surface area contributed by atoms with Crippen molar-refractivity contribution in [2.24, 2.45) is 0 Å². The summed E-state index contributed by atoms with van der Waals surface area (Å²) in [5, 5.41) is 2.81. The number of ether oxygens (including phenoxy) is 2. The first kappa shape index (κ1) is 32.5. The molecule has 0 bridgehead atoms. The number of hydrogen-bond donors (Lipinski definition) is 2. The molecule has 0 fully saturated rings. The molecule has 2 N–H and O–H groups in total. The van der Waals surface area contributed by atoms with Crippen molar-refractivity contribution in [2.45, 2.75) is 116 Å². The van der Waals surface area contributed by atoms with Gasteiger partial charge >= 0.3 is 13.6 Å². The summed E-state index contributed by atoms with van der Waals surface area (Å²) in [5.74, 6) is -0.456. The Morgan fingerprint density at radius 1 is 0.848 bits per heavy atom. The van der Waals surface area contributed by atoms with Gasteiger partial charge in [0.15, 0.2) is 0 Å². The van der Waals surface area contributed by atoms with Crippen LogP contribution in [0.15, 0.2) is 0 Å². The maximum Gasteiger partial charge on any atom is 0.329 e. The molecule has 2 atom stereocenters. The lowest BCUT2D eigenvalue weighted by Crippen LogP contribution is -2.28. The zero-order valence-electron chi connectivity index (χ0n) is 21.7. The average Bonchev–Trinajstić information content (AvgIpc) is 2.77. The van der Waals surface area contributed by atoms with Crippen LogP contribution in [0, 0.1) is 0 Å². The monoisotopic (exact) mass is 493 g/mol. The van der Waals surface area contributed by atoms with Gasteiger partial charge in [-0.2, -0.15) is 0 Å². The number of esters is 1. The minimum atomic E-state index is -3.69. The summed E-state index contributed by atoms with van der Waals surface area (Å²) in [4.78, 5) is 21.0. The average molecular weight is 494 g/mol. The highest BCUT2D eigenvalue weighted by Gasteiger charge is 2.22. The fourth-order valence-electron chi connectivity index (χ4n) is 3.66. The lowest BCUT2D eigenvalue weighted by atomic mass is 10.0. The lowest BCUT2D eigenvalue weighted by molar-refractivity contribution is -0.151. The lowest BCUT2D eigenvalue weighted by Gasteiger charge is -2.19. The molecule has 0 aromatic carbocycles. The summed E-state index contributed by atoms with van der Waals surface area (Å²) in [7, 11) is -1.99. The summed E-state index contributed by atoms with van der Waals surface area (Å²) in [6.07, 6.45) is 19.1. The molecule has 0 saturated carbocycles. The van der Waals surface area contributed by atoms with Crippen molar-refractivity contribution < 1.29 is 28.3 Å². The van der Waals surface area contributed by atoms with Crippen LogP contribution in [0.3, 0.4) is 0 Å². The third-order valence-corrected chi connectivity index (χ3v) is 6.98. The summed E-state index contributed by atoms with van der Waals surface area (Å²) >= 11 is 0. The van der Waals surface area contributed by atoms with E-state index in [1.807, 2.05) is 0 Å². The summed E-state index contributed by atoms with van der Waals surface area (Å²) in [6, 6.07) is 0.